The molecule has 0 unspecified atom stereocenters. The van der Waals surface area contributed by atoms with Crippen molar-refractivity contribution in [3.8, 4) is 11.4 Å². The average Bonchev–Trinajstić information content (AvgIpc) is 3.28. The predicted octanol–water partition coefficient (Wildman–Crippen LogP) is 1.66. The summed E-state index contributed by atoms with van der Waals surface area (Å²) in [5, 5.41) is 6.95. The molecule has 0 saturated carbocycles. The highest BCUT2D eigenvalue weighted by Crippen LogP contribution is 2.16. The van der Waals surface area contributed by atoms with Gasteiger partial charge in [0.15, 0.2) is 0 Å². The lowest BCUT2D eigenvalue weighted by atomic mass is 10.2. The van der Waals surface area contributed by atoms with Crippen LogP contribution in [0, 0.1) is 0 Å². The molecular weight excluding hydrogens is 306 g/mol. The van der Waals surface area contributed by atoms with Gasteiger partial charge in [0.05, 0.1) is 0 Å². The third kappa shape index (κ3) is 4.17. The van der Waals surface area contributed by atoms with Gasteiger partial charge in [-0.15, -0.1) is 0 Å². The van der Waals surface area contributed by atoms with Gasteiger partial charge in [-0.05, 0) is 38.1 Å². The van der Waals surface area contributed by atoms with Crippen molar-refractivity contribution < 1.29 is 9.32 Å². The fraction of sp³-hybridized carbons (Fsp3) is 0.529. The first-order valence-corrected chi connectivity index (χ1v) is 8.50. The maximum atomic E-state index is 12.0. The number of likely N-dealkylation sites (N-methyl/N-ethyl adjacent to an activating group) is 1. The molecule has 3 rings (SSSR count). The van der Waals surface area contributed by atoms with Crippen molar-refractivity contribution in [2.75, 3.05) is 19.6 Å². The van der Waals surface area contributed by atoms with E-state index in [1.54, 1.807) is 12.4 Å². The lowest BCUT2D eigenvalue weighted by Gasteiger charge is -2.22. The van der Waals surface area contributed by atoms with E-state index in [0.717, 1.165) is 31.6 Å². The number of nitrogens with zero attached hydrogens (tertiary/aromatic N) is 4. The Bertz CT molecular complexity index is 658. The molecule has 0 aromatic carbocycles. The van der Waals surface area contributed by atoms with E-state index in [1.807, 2.05) is 12.1 Å². The van der Waals surface area contributed by atoms with Crippen molar-refractivity contribution in [1.29, 1.82) is 0 Å². The van der Waals surface area contributed by atoms with E-state index >= 15 is 0 Å². The van der Waals surface area contributed by atoms with Crippen molar-refractivity contribution in [2.24, 2.45) is 0 Å². The number of likely N-dealkylation sites (tertiary alicyclic amines) is 1. The van der Waals surface area contributed by atoms with Crippen LogP contribution in [0.2, 0.25) is 0 Å². The third-order valence-electron chi connectivity index (χ3n) is 4.39. The van der Waals surface area contributed by atoms with Crippen LogP contribution in [0.3, 0.4) is 0 Å². The standard InChI is InChI=1S/C17H23N5O2/c1-2-22-10-4-6-14(22)12-19-15(23)7-8-16-20-17(21-24-16)13-5-3-9-18-11-13/h3,5,9,11,14H,2,4,6-8,10,12H2,1H3,(H,19,23)/t14-/m0/s1. The molecule has 2 aromatic rings. The second-order valence-corrected chi connectivity index (χ2v) is 5.98. The number of amides is 1. The minimum atomic E-state index is 0.0269. The second kappa shape index (κ2) is 8.01. The largest absolute Gasteiger partial charge is 0.355 e. The normalized spacial score (nSPS) is 18.0. The molecule has 0 radical (unpaired) electrons. The van der Waals surface area contributed by atoms with E-state index in [4.69, 9.17) is 4.52 Å². The van der Waals surface area contributed by atoms with E-state index in [-0.39, 0.29) is 5.91 Å². The highest BCUT2D eigenvalue weighted by atomic mass is 16.5. The molecule has 1 aliphatic heterocycles. The molecule has 0 bridgehead atoms. The molecule has 2 aromatic heterocycles. The van der Waals surface area contributed by atoms with Gasteiger partial charge in [-0.2, -0.15) is 4.98 Å². The van der Waals surface area contributed by atoms with Crippen LogP contribution in [0.5, 0.6) is 0 Å². The zero-order valence-electron chi connectivity index (χ0n) is 13.9. The van der Waals surface area contributed by atoms with Crippen molar-refractivity contribution >= 4 is 5.91 Å². The Morgan fingerprint density at radius 2 is 2.42 bits per heavy atom. The molecule has 1 N–H and O–H groups in total. The highest BCUT2D eigenvalue weighted by Gasteiger charge is 2.23. The number of hydrogen-bond acceptors (Lipinski definition) is 6. The van der Waals surface area contributed by atoms with Crippen LogP contribution < -0.4 is 5.32 Å². The van der Waals surface area contributed by atoms with Gasteiger partial charge in [0.2, 0.25) is 17.6 Å². The van der Waals surface area contributed by atoms with Crippen LogP contribution in [-0.2, 0) is 11.2 Å². The van der Waals surface area contributed by atoms with E-state index < -0.39 is 0 Å². The van der Waals surface area contributed by atoms with E-state index in [1.165, 1.54) is 6.42 Å². The van der Waals surface area contributed by atoms with Crippen LogP contribution in [0.15, 0.2) is 29.0 Å². The maximum Gasteiger partial charge on any atom is 0.227 e. The maximum absolute atomic E-state index is 12.0. The van der Waals surface area contributed by atoms with Crippen LogP contribution in [-0.4, -0.2) is 51.6 Å². The van der Waals surface area contributed by atoms with Crippen molar-refractivity contribution in [3.63, 3.8) is 0 Å². The summed E-state index contributed by atoms with van der Waals surface area (Å²) in [5.74, 6) is 1.00. The summed E-state index contributed by atoms with van der Waals surface area (Å²) in [6.45, 7) is 5.06. The van der Waals surface area contributed by atoms with E-state index in [2.05, 4.69) is 32.3 Å². The van der Waals surface area contributed by atoms with Crippen LogP contribution in [0.25, 0.3) is 11.4 Å². The molecular formula is C17H23N5O2. The molecule has 1 aliphatic rings. The van der Waals surface area contributed by atoms with Gasteiger partial charge in [-0.3, -0.25) is 14.7 Å². The number of rotatable bonds is 7. The topological polar surface area (TPSA) is 84.2 Å². The molecule has 128 valence electrons. The Balaban J connectivity index is 1.44. The lowest BCUT2D eigenvalue weighted by Crippen LogP contribution is -2.40. The SMILES string of the molecule is CCN1CCC[C@H]1CNC(=O)CCc1nc(-c2cccnc2)no1. The molecule has 7 heteroatoms. The Morgan fingerprint density at radius 1 is 1.50 bits per heavy atom. The average molecular weight is 329 g/mol. The number of carbonyl (C=O) groups is 1. The minimum Gasteiger partial charge on any atom is -0.355 e. The molecule has 7 nitrogen and oxygen atoms in total. The molecule has 1 amide bonds. The van der Waals surface area contributed by atoms with Crippen LogP contribution in [0.4, 0.5) is 0 Å². The van der Waals surface area contributed by atoms with Gasteiger partial charge in [0, 0.05) is 43.4 Å². The Labute approximate surface area is 141 Å². The predicted molar refractivity (Wildman–Crippen MR) is 89.1 cm³/mol. The minimum absolute atomic E-state index is 0.0269. The van der Waals surface area contributed by atoms with Gasteiger partial charge >= 0.3 is 0 Å². The van der Waals surface area contributed by atoms with Crippen LogP contribution >= 0.6 is 0 Å². The number of nitrogens with one attached hydrogen (secondary N) is 1. The molecule has 1 atom stereocenters. The molecule has 1 saturated heterocycles. The fourth-order valence-corrected chi connectivity index (χ4v) is 3.05. The van der Waals surface area contributed by atoms with Gasteiger partial charge in [0.25, 0.3) is 0 Å². The van der Waals surface area contributed by atoms with E-state index in [9.17, 15) is 4.79 Å². The quantitative estimate of drug-likeness (QED) is 0.832. The van der Waals surface area contributed by atoms with Gasteiger partial charge < -0.3 is 9.84 Å². The summed E-state index contributed by atoms with van der Waals surface area (Å²) < 4.78 is 5.20. The fourth-order valence-electron chi connectivity index (χ4n) is 3.05. The summed E-state index contributed by atoms with van der Waals surface area (Å²) >= 11 is 0. The molecule has 0 spiro atoms. The van der Waals surface area contributed by atoms with Crippen molar-refractivity contribution in [2.45, 2.75) is 38.6 Å². The highest BCUT2D eigenvalue weighted by molar-refractivity contribution is 5.76. The van der Waals surface area contributed by atoms with Crippen molar-refractivity contribution in [1.82, 2.24) is 25.3 Å². The Morgan fingerprint density at radius 3 is 3.21 bits per heavy atom. The summed E-state index contributed by atoms with van der Waals surface area (Å²) in [7, 11) is 0. The van der Waals surface area contributed by atoms with Gasteiger partial charge in [0.1, 0.15) is 0 Å². The summed E-state index contributed by atoms with van der Waals surface area (Å²) in [4.78, 5) is 22.8. The monoisotopic (exact) mass is 329 g/mol. The third-order valence-corrected chi connectivity index (χ3v) is 4.39. The Kier molecular flexibility index (Phi) is 5.53. The molecule has 3 heterocycles. The van der Waals surface area contributed by atoms with E-state index in [0.29, 0.717) is 30.6 Å². The van der Waals surface area contributed by atoms with Gasteiger partial charge in [-0.1, -0.05) is 12.1 Å². The lowest BCUT2D eigenvalue weighted by molar-refractivity contribution is -0.121. The number of hydrogen-bond donors (Lipinski definition) is 1. The molecule has 0 aliphatic carbocycles. The van der Waals surface area contributed by atoms with Crippen molar-refractivity contribution in [3.05, 3.63) is 30.4 Å². The number of aromatic nitrogens is 3. The number of pyridine rings is 1. The number of aryl methyl sites for hydroxylation is 1. The van der Waals surface area contributed by atoms with Crippen LogP contribution in [0.1, 0.15) is 32.1 Å². The smallest absolute Gasteiger partial charge is 0.227 e. The Hall–Kier alpha value is -2.28. The zero-order chi connectivity index (χ0) is 16.8. The zero-order valence-corrected chi connectivity index (χ0v) is 13.9. The molecule has 24 heavy (non-hydrogen) atoms. The van der Waals surface area contributed by atoms with Gasteiger partial charge in [-0.25, -0.2) is 0 Å². The first-order chi connectivity index (χ1) is 11.8. The second-order valence-electron chi connectivity index (χ2n) is 5.98. The summed E-state index contributed by atoms with van der Waals surface area (Å²) in [6, 6.07) is 4.16. The summed E-state index contributed by atoms with van der Waals surface area (Å²) in [6.07, 6.45) is 6.55. The summed E-state index contributed by atoms with van der Waals surface area (Å²) in [5.41, 5.74) is 0.804. The molecule has 1 fully saturated rings. The first-order valence-electron chi connectivity index (χ1n) is 8.50. The first kappa shape index (κ1) is 16.6. The number of carbonyl (C=O) groups excluding carboxylic acids is 1.